The molecule has 0 amide bonds. The Kier molecular flexibility index (Phi) is 4.30. The first-order chi connectivity index (χ1) is 12.5. The molecule has 0 N–H and O–H groups in total. The molecule has 2 bridgehead atoms. The van der Waals surface area contributed by atoms with Crippen molar-refractivity contribution in [3.8, 4) is 0 Å². The van der Waals surface area contributed by atoms with Gasteiger partial charge in [-0.1, -0.05) is 0 Å². The molecule has 2 spiro atoms. The Hall–Kier alpha value is -1.22. The van der Waals surface area contributed by atoms with Crippen LogP contribution in [0.25, 0.3) is 0 Å². The van der Waals surface area contributed by atoms with E-state index in [4.69, 9.17) is 28.4 Å². The number of carbonyl (C=O) groups is 2. The summed E-state index contributed by atoms with van der Waals surface area (Å²) in [6.07, 6.45) is 1.13. The molecule has 5 rings (SSSR count). The summed E-state index contributed by atoms with van der Waals surface area (Å²) in [4.78, 5) is 26.1. The fraction of sp³-hybridized carbons (Fsp3) is 0.889. The molecular weight excluding hydrogens is 344 g/mol. The maximum absolute atomic E-state index is 13.1. The monoisotopic (exact) mass is 370 g/mol. The Morgan fingerprint density at radius 1 is 0.731 bits per heavy atom. The largest absolute Gasteiger partial charge is 0.465 e. The van der Waals surface area contributed by atoms with Crippen molar-refractivity contribution in [2.24, 2.45) is 10.8 Å². The molecule has 0 aromatic rings. The second-order valence-corrected chi connectivity index (χ2v) is 7.36. The molecule has 0 aromatic heterocycles. The molecule has 3 saturated carbocycles. The predicted molar refractivity (Wildman–Crippen MR) is 85.9 cm³/mol. The molecule has 2 atom stereocenters. The van der Waals surface area contributed by atoms with E-state index < -0.39 is 22.4 Å². The number of ether oxygens (including phenoxy) is 6. The van der Waals surface area contributed by atoms with Crippen molar-refractivity contribution < 1.29 is 38.0 Å². The smallest absolute Gasteiger partial charge is 0.317 e. The Morgan fingerprint density at radius 2 is 1.08 bits per heavy atom. The Balaban J connectivity index is 1.82. The minimum Gasteiger partial charge on any atom is -0.465 e. The summed E-state index contributed by atoms with van der Waals surface area (Å²) in [5, 5.41) is 0. The number of rotatable bonds is 4. The molecular formula is C18H26O8. The summed E-state index contributed by atoms with van der Waals surface area (Å²) in [7, 11) is 0. The van der Waals surface area contributed by atoms with Gasteiger partial charge in [0.25, 0.3) is 0 Å². The van der Waals surface area contributed by atoms with Crippen LogP contribution < -0.4 is 0 Å². The van der Waals surface area contributed by atoms with Crippen molar-refractivity contribution >= 4 is 11.9 Å². The fourth-order valence-corrected chi connectivity index (χ4v) is 5.25. The van der Waals surface area contributed by atoms with Gasteiger partial charge in [0.15, 0.2) is 11.6 Å². The van der Waals surface area contributed by atoms with E-state index in [0.29, 0.717) is 39.3 Å². The summed E-state index contributed by atoms with van der Waals surface area (Å²) in [6.45, 7) is 5.53. The van der Waals surface area contributed by atoms with Crippen LogP contribution in [0.2, 0.25) is 0 Å². The van der Waals surface area contributed by atoms with Crippen LogP contribution >= 0.6 is 0 Å². The lowest BCUT2D eigenvalue weighted by atomic mass is 9.47. The van der Waals surface area contributed by atoms with E-state index in [1.165, 1.54) is 0 Å². The van der Waals surface area contributed by atoms with Gasteiger partial charge in [-0.3, -0.25) is 9.59 Å². The lowest BCUT2D eigenvalue weighted by Crippen LogP contribution is -2.75. The third kappa shape index (κ3) is 2.10. The summed E-state index contributed by atoms with van der Waals surface area (Å²) in [5.74, 6) is -3.16. The molecule has 26 heavy (non-hydrogen) atoms. The van der Waals surface area contributed by atoms with Gasteiger partial charge in [-0.2, -0.15) is 0 Å². The van der Waals surface area contributed by atoms with Crippen molar-refractivity contribution in [2.45, 2.75) is 51.1 Å². The standard InChI is InChI=1S/C18H26O8/c1-3-21-13(19)15-5-6-16(14(20)22-4-2,12-17(15)23-7-8-24-17)18(11-15)25-9-10-26-18/h3-12H2,1-2H3/t15-,16-/m0/s1. The minimum atomic E-state index is -1.20. The van der Waals surface area contributed by atoms with Gasteiger partial charge in [0.2, 0.25) is 0 Å². The first-order valence-electron chi connectivity index (χ1n) is 9.40. The Morgan fingerprint density at radius 3 is 1.38 bits per heavy atom. The zero-order valence-corrected chi connectivity index (χ0v) is 15.3. The van der Waals surface area contributed by atoms with Gasteiger partial charge in [-0.25, -0.2) is 0 Å². The SMILES string of the molecule is CCOC(=O)[C@@]12CC[C@@](C(=O)OCC)(CC13OCCO3)C1(C2)OCCO1. The van der Waals surface area contributed by atoms with Crippen molar-refractivity contribution in [1.82, 2.24) is 0 Å². The molecule has 2 aliphatic heterocycles. The highest BCUT2D eigenvalue weighted by molar-refractivity contribution is 5.84. The van der Waals surface area contributed by atoms with Crippen LogP contribution in [-0.2, 0) is 38.0 Å². The molecule has 5 fully saturated rings. The van der Waals surface area contributed by atoms with E-state index >= 15 is 0 Å². The molecule has 3 aliphatic carbocycles. The number of hydrogen-bond acceptors (Lipinski definition) is 8. The number of esters is 2. The molecule has 0 aromatic carbocycles. The highest BCUT2D eigenvalue weighted by atomic mass is 16.8. The molecule has 146 valence electrons. The topological polar surface area (TPSA) is 89.5 Å². The van der Waals surface area contributed by atoms with E-state index in [1.54, 1.807) is 13.8 Å². The fourth-order valence-electron chi connectivity index (χ4n) is 5.25. The quantitative estimate of drug-likeness (QED) is 0.681. The first-order valence-corrected chi connectivity index (χ1v) is 9.40. The van der Waals surface area contributed by atoms with Gasteiger partial charge < -0.3 is 28.4 Å². The maximum atomic E-state index is 13.1. The Bertz CT molecular complexity index is 540. The van der Waals surface area contributed by atoms with Crippen LogP contribution in [0.4, 0.5) is 0 Å². The van der Waals surface area contributed by atoms with E-state index in [9.17, 15) is 9.59 Å². The van der Waals surface area contributed by atoms with Crippen molar-refractivity contribution in [3.05, 3.63) is 0 Å². The highest BCUT2D eigenvalue weighted by Gasteiger charge is 2.81. The molecule has 5 aliphatic rings. The summed E-state index contributed by atoms with van der Waals surface area (Å²) >= 11 is 0. The number of hydrogen-bond donors (Lipinski definition) is 0. The van der Waals surface area contributed by atoms with Gasteiger partial charge >= 0.3 is 11.9 Å². The van der Waals surface area contributed by atoms with Gasteiger partial charge in [-0.15, -0.1) is 0 Å². The second kappa shape index (κ2) is 6.15. The number of carbonyl (C=O) groups excluding carboxylic acids is 2. The average Bonchev–Trinajstić information content (AvgIpc) is 3.28. The summed E-state index contributed by atoms with van der Waals surface area (Å²) in [6, 6.07) is 0. The van der Waals surface area contributed by atoms with Crippen molar-refractivity contribution in [3.63, 3.8) is 0 Å². The third-order valence-electron chi connectivity index (χ3n) is 6.35. The molecule has 2 saturated heterocycles. The van der Waals surface area contributed by atoms with Crippen LogP contribution in [0.5, 0.6) is 0 Å². The van der Waals surface area contributed by atoms with E-state index in [0.717, 1.165) is 0 Å². The van der Waals surface area contributed by atoms with Gasteiger partial charge in [0.05, 0.1) is 39.6 Å². The van der Waals surface area contributed by atoms with Crippen molar-refractivity contribution in [1.29, 1.82) is 0 Å². The lowest BCUT2D eigenvalue weighted by Gasteiger charge is -2.63. The van der Waals surface area contributed by atoms with Gasteiger partial charge in [-0.05, 0) is 26.7 Å². The van der Waals surface area contributed by atoms with Gasteiger partial charge in [0, 0.05) is 12.8 Å². The maximum Gasteiger partial charge on any atom is 0.317 e. The van der Waals surface area contributed by atoms with Crippen LogP contribution in [0.1, 0.15) is 39.5 Å². The molecule has 0 radical (unpaired) electrons. The van der Waals surface area contributed by atoms with E-state index in [-0.39, 0.29) is 38.0 Å². The third-order valence-corrected chi connectivity index (χ3v) is 6.35. The zero-order chi connectivity index (χ0) is 18.5. The van der Waals surface area contributed by atoms with Crippen LogP contribution in [0, 0.1) is 10.8 Å². The summed E-state index contributed by atoms with van der Waals surface area (Å²) in [5.41, 5.74) is -2.11. The molecule has 0 unspecified atom stereocenters. The Labute approximate surface area is 152 Å². The average molecular weight is 370 g/mol. The van der Waals surface area contributed by atoms with Crippen LogP contribution in [0.15, 0.2) is 0 Å². The van der Waals surface area contributed by atoms with Crippen LogP contribution in [-0.4, -0.2) is 63.2 Å². The predicted octanol–water partition coefficient (Wildman–Crippen LogP) is 1.16. The lowest BCUT2D eigenvalue weighted by molar-refractivity contribution is -0.377. The minimum absolute atomic E-state index is 0.164. The van der Waals surface area contributed by atoms with E-state index in [1.807, 2.05) is 0 Å². The summed E-state index contributed by atoms with van der Waals surface area (Å²) < 4.78 is 34.8. The van der Waals surface area contributed by atoms with Crippen molar-refractivity contribution in [2.75, 3.05) is 39.6 Å². The van der Waals surface area contributed by atoms with E-state index in [2.05, 4.69) is 0 Å². The number of fused-ring (bicyclic) bond motifs is 1. The molecule has 8 nitrogen and oxygen atoms in total. The first kappa shape index (κ1) is 18.2. The second-order valence-electron chi connectivity index (χ2n) is 7.36. The zero-order valence-electron chi connectivity index (χ0n) is 15.3. The highest BCUT2D eigenvalue weighted by Crippen LogP contribution is 2.70. The van der Waals surface area contributed by atoms with Gasteiger partial charge in [0.1, 0.15) is 10.8 Å². The van der Waals surface area contributed by atoms with Crippen LogP contribution in [0.3, 0.4) is 0 Å². The molecule has 8 heteroatoms. The normalized spacial score (nSPS) is 36.5. The molecule has 2 heterocycles.